The first-order valence-electron chi connectivity index (χ1n) is 4.91. The van der Waals surface area contributed by atoms with E-state index in [2.05, 4.69) is 19.1 Å². The summed E-state index contributed by atoms with van der Waals surface area (Å²) < 4.78 is 0. The minimum atomic E-state index is -0.0355. The Balaban J connectivity index is 3.47. The average Bonchev–Trinajstić information content (AvgIpc) is 2.04. The zero-order valence-electron chi connectivity index (χ0n) is 8.64. The lowest BCUT2D eigenvalue weighted by atomic mass is 9.94. The molecule has 0 aromatic heterocycles. The monoisotopic (exact) mass is 170 g/mol. The minimum absolute atomic E-state index is 0.0355. The van der Waals surface area contributed by atoms with Gasteiger partial charge in [-0.05, 0) is 12.8 Å². The van der Waals surface area contributed by atoms with Crippen LogP contribution in [-0.4, -0.2) is 11.7 Å². The highest BCUT2D eigenvalue weighted by atomic mass is 16.3. The van der Waals surface area contributed by atoms with E-state index in [0.717, 1.165) is 6.42 Å². The molecule has 0 amide bonds. The molecule has 0 saturated carbocycles. The Kier molecular flexibility index (Phi) is 6.09. The lowest BCUT2D eigenvalue weighted by Gasteiger charge is -2.15. The van der Waals surface area contributed by atoms with Crippen LogP contribution in [0.3, 0.4) is 0 Å². The lowest BCUT2D eigenvalue weighted by Crippen LogP contribution is -2.12. The van der Waals surface area contributed by atoms with Crippen LogP contribution in [0.5, 0.6) is 0 Å². The van der Waals surface area contributed by atoms with E-state index < -0.39 is 0 Å². The second-order valence-electron chi connectivity index (χ2n) is 4.04. The first-order chi connectivity index (χ1) is 5.62. The molecule has 0 atom stereocenters. The van der Waals surface area contributed by atoms with E-state index in [1.54, 1.807) is 0 Å². The number of allylic oxidation sites excluding steroid dienone is 1. The number of aliphatic hydroxyl groups excluding tert-OH is 1. The van der Waals surface area contributed by atoms with E-state index in [4.69, 9.17) is 5.11 Å². The molecular weight excluding hydrogens is 148 g/mol. The summed E-state index contributed by atoms with van der Waals surface area (Å²) in [5, 5.41) is 8.95. The molecule has 0 aromatic rings. The lowest BCUT2D eigenvalue weighted by molar-refractivity contribution is 0.199. The molecule has 0 fully saturated rings. The molecule has 12 heavy (non-hydrogen) atoms. The number of hydrogen-bond donors (Lipinski definition) is 1. The SMILES string of the molecule is CCCCC/C=C/C(C)(C)CO. The maximum Gasteiger partial charge on any atom is 0.0516 e. The van der Waals surface area contributed by atoms with Crippen molar-refractivity contribution < 1.29 is 5.11 Å². The Hall–Kier alpha value is -0.300. The summed E-state index contributed by atoms with van der Waals surface area (Å²) in [6.07, 6.45) is 9.31. The highest BCUT2D eigenvalue weighted by molar-refractivity contribution is 4.94. The summed E-state index contributed by atoms with van der Waals surface area (Å²) in [5.74, 6) is 0. The van der Waals surface area contributed by atoms with E-state index >= 15 is 0 Å². The number of hydrogen-bond acceptors (Lipinski definition) is 1. The highest BCUT2D eigenvalue weighted by Crippen LogP contribution is 2.16. The second-order valence-corrected chi connectivity index (χ2v) is 4.04. The van der Waals surface area contributed by atoms with Gasteiger partial charge in [-0.3, -0.25) is 0 Å². The molecule has 0 aliphatic heterocycles. The minimum Gasteiger partial charge on any atom is -0.395 e. The van der Waals surface area contributed by atoms with Crippen LogP contribution in [0.2, 0.25) is 0 Å². The molecule has 0 bridgehead atoms. The van der Waals surface area contributed by atoms with Crippen LogP contribution < -0.4 is 0 Å². The van der Waals surface area contributed by atoms with Crippen molar-refractivity contribution in [2.75, 3.05) is 6.61 Å². The van der Waals surface area contributed by atoms with Crippen molar-refractivity contribution in [3.8, 4) is 0 Å². The smallest absolute Gasteiger partial charge is 0.0516 e. The van der Waals surface area contributed by atoms with Gasteiger partial charge in [0, 0.05) is 5.41 Å². The maximum absolute atomic E-state index is 8.95. The standard InChI is InChI=1S/C11H22O/c1-4-5-6-7-8-9-11(2,3)10-12/h8-9,12H,4-7,10H2,1-3H3/b9-8+. The molecule has 0 spiro atoms. The molecule has 1 heteroatoms. The predicted molar refractivity (Wildman–Crippen MR) is 54.1 cm³/mol. The van der Waals surface area contributed by atoms with Crippen molar-refractivity contribution in [2.45, 2.75) is 46.5 Å². The Morgan fingerprint density at radius 1 is 1.25 bits per heavy atom. The first-order valence-corrected chi connectivity index (χ1v) is 4.91. The van der Waals surface area contributed by atoms with E-state index in [1.165, 1.54) is 19.3 Å². The first kappa shape index (κ1) is 11.7. The van der Waals surface area contributed by atoms with Gasteiger partial charge in [0.2, 0.25) is 0 Å². The van der Waals surface area contributed by atoms with Crippen LogP contribution in [-0.2, 0) is 0 Å². The Labute approximate surface area is 76.5 Å². The predicted octanol–water partition coefficient (Wildman–Crippen LogP) is 3.14. The van der Waals surface area contributed by atoms with E-state index in [1.807, 2.05) is 13.8 Å². The summed E-state index contributed by atoms with van der Waals surface area (Å²) >= 11 is 0. The largest absolute Gasteiger partial charge is 0.395 e. The molecule has 1 N–H and O–H groups in total. The van der Waals surface area contributed by atoms with E-state index in [0.29, 0.717) is 0 Å². The summed E-state index contributed by atoms with van der Waals surface area (Å²) in [6, 6.07) is 0. The van der Waals surface area contributed by atoms with Gasteiger partial charge in [-0.15, -0.1) is 0 Å². The molecule has 1 nitrogen and oxygen atoms in total. The number of aliphatic hydroxyl groups is 1. The molecule has 0 heterocycles. The van der Waals surface area contributed by atoms with Gasteiger partial charge >= 0.3 is 0 Å². The molecule has 0 aromatic carbocycles. The van der Waals surface area contributed by atoms with Crippen LogP contribution in [0.15, 0.2) is 12.2 Å². The third-order valence-corrected chi connectivity index (χ3v) is 1.95. The van der Waals surface area contributed by atoms with Crippen molar-refractivity contribution in [3.05, 3.63) is 12.2 Å². The van der Waals surface area contributed by atoms with Gasteiger partial charge in [-0.2, -0.15) is 0 Å². The van der Waals surface area contributed by atoms with Gasteiger partial charge < -0.3 is 5.11 Å². The molecule has 0 aliphatic rings. The Bertz CT molecular complexity index is 125. The Morgan fingerprint density at radius 3 is 2.42 bits per heavy atom. The van der Waals surface area contributed by atoms with Crippen molar-refractivity contribution in [1.82, 2.24) is 0 Å². The summed E-state index contributed by atoms with van der Waals surface area (Å²) in [5.41, 5.74) is -0.0355. The molecule has 0 saturated heterocycles. The fourth-order valence-electron chi connectivity index (χ4n) is 0.967. The zero-order valence-corrected chi connectivity index (χ0v) is 8.64. The normalized spacial score (nSPS) is 12.7. The van der Waals surface area contributed by atoms with Gasteiger partial charge in [0.25, 0.3) is 0 Å². The van der Waals surface area contributed by atoms with Crippen molar-refractivity contribution in [3.63, 3.8) is 0 Å². The van der Waals surface area contributed by atoms with Gasteiger partial charge in [0.1, 0.15) is 0 Å². The van der Waals surface area contributed by atoms with Crippen molar-refractivity contribution in [2.24, 2.45) is 5.41 Å². The fourth-order valence-corrected chi connectivity index (χ4v) is 0.967. The number of unbranched alkanes of at least 4 members (excludes halogenated alkanes) is 3. The molecule has 0 radical (unpaired) electrons. The van der Waals surface area contributed by atoms with Crippen LogP contribution in [0.25, 0.3) is 0 Å². The summed E-state index contributed by atoms with van der Waals surface area (Å²) in [6.45, 7) is 6.53. The third kappa shape index (κ3) is 6.41. The van der Waals surface area contributed by atoms with Gasteiger partial charge in [-0.25, -0.2) is 0 Å². The average molecular weight is 170 g/mol. The van der Waals surface area contributed by atoms with E-state index in [-0.39, 0.29) is 12.0 Å². The quantitative estimate of drug-likeness (QED) is 0.479. The van der Waals surface area contributed by atoms with Gasteiger partial charge in [0.15, 0.2) is 0 Å². The maximum atomic E-state index is 8.95. The highest BCUT2D eigenvalue weighted by Gasteiger charge is 2.10. The van der Waals surface area contributed by atoms with Crippen LogP contribution in [0, 0.1) is 5.41 Å². The topological polar surface area (TPSA) is 20.2 Å². The van der Waals surface area contributed by atoms with Crippen LogP contribution >= 0.6 is 0 Å². The molecular formula is C11H22O. The zero-order chi connectivity index (χ0) is 9.45. The van der Waals surface area contributed by atoms with E-state index in [9.17, 15) is 0 Å². The summed E-state index contributed by atoms with van der Waals surface area (Å²) in [4.78, 5) is 0. The Morgan fingerprint density at radius 2 is 1.92 bits per heavy atom. The van der Waals surface area contributed by atoms with Gasteiger partial charge in [-0.1, -0.05) is 45.8 Å². The second kappa shape index (κ2) is 6.24. The van der Waals surface area contributed by atoms with Crippen LogP contribution in [0.4, 0.5) is 0 Å². The van der Waals surface area contributed by atoms with Gasteiger partial charge in [0.05, 0.1) is 6.61 Å². The van der Waals surface area contributed by atoms with Crippen LogP contribution in [0.1, 0.15) is 46.5 Å². The molecule has 0 rings (SSSR count). The third-order valence-electron chi connectivity index (χ3n) is 1.95. The molecule has 72 valence electrons. The summed E-state index contributed by atoms with van der Waals surface area (Å²) in [7, 11) is 0. The fraction of sp³-hybridized carbons (Fsp3) is 0.818. The van der Waals surface area contributed by atoms with Crippen molar-refractivity contribution in [1.29, 1.82) is 0 Å². The van der Waals surface area contributed by atoms with Crippen molar-refractivity contribution >= 4 is 0 Å². The molecule has 0 aliphatic carbocycles. The number of rotatable bonds is 6. The molecule has 0 unspecified atom stereocenters.